The van der Waals surface area contributed by atoms with Gasteiger partial charge < -0.3 is 9.67 Å². The number of aromatic carboxylic acids is 1. The molecular formula is C16H17ClNNaO3. The summed E-state index contributed by atoms with van der Waals surface area (Å²) >= 11 is 5.87. The van der Waals surface area contributed by atoms with Crippen molar-refractivity contribution in [1.29, 1.82) is 0 Å². The van der Waals surface area contributed by atoms with Gasteiger partial charge in [0.05, 0.1) is 5.69 Å². The van der Waals surface area contributed by atoms with Gasteiger partial charge in [0.2, 0.25) is 0 Å². The second-order valence-electron chi connectivity index (χ2n) is 4.84. The van der Waals surface area contributed by atoms with Crippen molar-refractivity contribution in [3.63, 3.8) is 0 Å². The van der Waals surface area contributed by atoms with Crippen molar-refractivity contribution in [3.8, 4) is 11.3 Å². The molecule has 112 valence electrons. The Morgan fingerprint density at radius 3 is 2.36 bits per heavy atom. The molecule has 1 N–H and O–H groups in total. The van der Waals surface area contributed by atoms with Gasteiger partial charge in [0, 0.05) is 23.8 Å². The number of carboxylic acids is 1. The van der Waals surface area contributed by atoms with E-state index < -0.39 is 11.4 Å². The number of benzene rings is 1. The van der Waals surface area contributed by atoms with Crippen LogP contribution in [0.15, 0.2) is 35.1 Å². The van der Waals surface area contributed by atoms with Crippen molar-refractivity contribution in [2.24, 2.45) is 7.05 Å². The molecule has 0 saturated carbocycles. The molecule has 0 amide bonds. The van der Waals surface area contributed by atoms with Crippen molar-refractivity contribution in [2.75, 3.05) is 0 Å². The number of pyridine rings is 1. The normalized spacial score (nSPS) is 10.1. The van der Waals surface area contributed by atoms with E-state index in [9.17, 15) is 14.7 Å². The number of carboxylic acid groups (broad SMARTS) is 1. The molecule has 1 aromatic carbocycles. The number of halogens is 1. The molecule has 1 heterocycles. The third-order valence-electron chi connectivity index (χ3n) is 3.41. The first kappa shape index (κ1) is 19.0. The van der Waals surface area contributed by atoms with Gasteiger partial charge in [-0.05, 0) is 24.1 Å². The van der Waals surface area contributed by atoms with Crippen LogP contribution in [0, 0.1) is 0 Å². The molecule has 0 unspecified atom stereocenters. The van der Waals surface area contributed by atoms with Crippen LogP contribution in [-0.4, -0.2) is 45.2 Å². The zero-order valence-corrected chi connectivity index (χ0v) is 12.6. The fourth-order valence-corrected chi connectivity index (χ4v) is 2.53. The molecule has 0 spiro atoms. The van der Waals surface area contributed by atoms with Gasteiger partial charge in [-0.2, -0.15) is 0 Å². The average molecular weight is 330 g/mol. The Morgan fingerprint density at radius 2 is 1.86 bits per heavy atom. The zero-order valence-electron chi connectivity index (χ0n) is 11.9. The average Bonchev–Trinajstić information content (AvgIpc) is 2.43. The first-order valence-corrected chi connectivity index (χ1v) is 7.05. The van der Waals surface area contributed by atoms with Crippen LogP contribution in [0.3, 0.4) is 0 Å². The summed E-state index contributed by atoms with van der Waals surface area (Å²) in [5, 5.41) is 9.88. The predicted molar refractivity (Wildman–Crippen MR) is 90.2 cm³/mol. The minimum atomic E-state index is -1.18. The molecule has 0 bridgehead atoms. The third-order valence-corrected chi connectivity index (χ3v) is 3.66. The summed E-state index contributed by atoms with van der Waals surface area (Å²) < 4.78 is 1.78. The molecule has 0 aliphatic carbocycles. The minimum absolute atomic E-state index is 0. The van der Waals surface area contributed by atoms with Crippen LogP contribution in [0.5, 0.6) is 0 Å². The van der Waals surface area contributed by atoms with Crippen LogP contribution in [-0.2, 0) is 13.5 Å². The molecule has 0 radical (unpaired) electrons. The zero-order chi connectivity index (χ0) is 15.6. The van der Waals surface area contributed by atoms with Crippen LogP contribution in [0.4, 0.5) is 0 Å². The monoisotopic (exact) mass is 329 g/mol. The Kier molecular flexibility index (Phi) is 6.88. The molecule has 1 aromatic heterocycles. The van der Waals surface area contributed by atoms with Crippen LogP contribution in [0.2, 0.25) is 5.02 Å². The molecule has 0 aliphatic rings. The van der Waals surface area contributed by atoms with Gasteiger partial charge >= 0.3 is 35.5 Å². The fraction of sp³-hybridized carbons (Fsp3) is 0.250. The maximum atomic E-state index is 12.1. The fourth-order valence-electron chi connectivity index (χ4n) is 2.40. The van der Waals surface area contributed by atoms with E-state index in [2.05, 4.69) is 0 Å². The second-order valence-corrected chi connectivity index (χ2v) is 5.27. The summed E-state index contributed by atoms with van der Waals surface area (Å²) in [4.78, 5) is 23.5. The molecule has 0 atom stereocenters. The molecule has 2 rings (SSSR count). The standard InChI is InChI=1S/C16H16ClNO3.Na.H/c1-3-4-12-15(16(20)21)14(19)9-13(18(12)2)10-5-7-11(17)8-6-10;;/h5-9H,3-4H2,1-2H3,(H,20,21);;. The van der Waals surface area contributed by atoms with E-state index in [0.29, 0.717) is 22.8 Å². The van der Waals surface area contributed by atoms with Crippen molar-refractivity contribution in [1.82, 2.24) is 4.57 Å². The van der Waals surface area contributed by atoms with Gasteiger partial charge in [-0.3, -0.25) is 4.79 Å². The third kappa shape index (κ3) is 3.82. The summed E-state index contributed by atoms with van der Waals surface area (Å²) in [5.41, 5.74) is 1.45. The molecule has 2 aromatic rings. The van der Waals surface area contributed by atoms with Crippen molar-refractivity contribution >= 4 is 47.1 Å². The number of hydrogen-bond donors (Lipinski definition) is 1. The Morgan fingerprint density at radius 1 is 1.27 bits per heavy atom. The SMILES string of the molecule is CCCc1c(C(=O)O)c(=O)cc(-c2ccc(Cl)cc2)n1C.[NaH]. The summed E-state index contributed by atoms with van der Waals surface area (Å²) in [6.07, 6.45) is 1.30. The molecular weight excluding hydrogens is 313 g/mol. The van der Waals surface area contributed by atoms with Gasteiger partial charge in [-0.25, -0.2) is 4.79 Å². The summed E-state index contributed by atoms with van der Waals surface area (Å²) in [6, 6.07) is 8.48. The maximum absolute atomic E-state index is 12.1. The number of aromatic nitrogens is 1. The van der Waals surface area contributed by atoms with E-state index >= 15 is 0 Å². The molecule has 6 heteroatoms. The topological polar surface area (TPSA) is 59.3 Å². The molecule has 4 nitrogen and oxygen atoms in total. The molecule has 22 heavy (non-hydrogen) atoms. The van der Waals surface area contributed by atoms with E-state index in [4.69, 9.17) is 11.6 Å². The van der Waals surface area contributed by atoms with E-state index in [1.165, 1.54) is 6.07 Å². The molecule has 0 aliphatic heterocycles. The van der Waals surface area contributed by atoms with E-state index in [1.807, 2.05) is 19.1 Å². The van der Waals surface area contributed by atoms with Gasteiger partial charge in [0.25, 0.3) is 0 Å². The second kappa shape index (κ2) is 7.97. The van der Waals surface area contributed by atoms with Gasteiger partial charge in [-0.1, -0.05) is 37.1 Å². The van der Waals surface area contributed by atoms with Crippen LogP contribution in [0.1, 0.15) is 29.4 Å². The number of hydrogen-bond acceptors (Lipinski definition) is 2. The van der Waals surface area contributed by atoms with Crippen LogP contribution < -0.4 is 5.43 Å². The van der Waals surface area contributed by atoms with E-state index in [-0.39, 0.29) is 35.1 Å². The summed E-state index contributed by atoms with van der Waals surface area (Å²) in [6.45, 7) is 1.95. The van der Waals surface area contributed by atoms with Gasteiger partial charge in [0.1, 0.15) is 5.56 Å². The molecule has 0 saturated heterocycles. The number of carbonyl (C=O) groups is 1. The Hall–Kier alpha value is -1.07. The van der Waals surface area contributed by atoms with Gasteiger partial charge in [-0.15, -0.1) is 0 Å². The van der Waals surface area contributed by atoms with Crippen LogP contribution in [0.25, 0.3) is 11.3 Å². The Labute approximate surface area is 156 Å². The van der Waals surface area contributed by atoms with Crippen molar-refractivity contribution < 1.29 is 9.90 Å². The Balaban J connectivity index is 0.00000242. The first-order valence-electron chi connectivity index (χ1n) is 6.67. The predicted octanol–water partition coefficient (Wildman–Crippen LogP) is 2.71. The Bertz CT molecular complexity index is 738. The summed E-state index contributed by atoms with van der Waals surface area (Å²) in [7, 11) is 1.78. The van der Waals surface area contributed by atoms with Crippen molar-refractivity contribution in [2.45, 2.75) is 19.8 Å². The van der Waals surface area contributed by atoms with E-state index in [0.717, 1.165) is 12.0 Å². The summed E-state index contributed by atoms with van der Waals surface area (Å²) in [5.74, 6) is -1.18. The number of nitrogens with zero attached hydrogens (tertiary/aromatic N) is 1. The van der Waals surface area contributed by atoms with Gasteiger partial charge in [0.15, 0.2) is 5.43 Å². The van der Waals surface area contributed by atoms with Crippen molar-refractivity contribution in [3.05, 3.63) is 56.8 Å². The first-order chi connectivity index (χ1) is 9.95. The number of rotatable bonds is 4. The molecule has 0 fully saturated rings. The van der Waals surface area contributed by atoms with E-state index in [1.54, 1.807) is 23.7 Å². The van der Waals surface area contributed by atoms with Crippen LogP contribution >= 0.6 is 11.6 Å². The quantitative estimate of drug-likeness (QED) is 0.877.